The van der Waals surface area contributed by atoms with Gasteiger partial charge in [0, 0.05) is 11.7 Å². The van der Waals surface area contributed by atoms with E-state index in [1.807, 2.05) is 12.2 Å². The van der Waals surface area contributed by atoms with E-state index in [0.717, 1.165) is 32.1 Å². The van der Waals surface area contributed by atoms with Crippen LogP contribution in [0, 0.1) is 11.8 Å². The molecule has 10 heteroatoms. The van der Waals surface area contributed by atoms with Crippen LogP contribution >= 0.6 is 23.2 Å². The van der Waals surface area contributed by atoms with E-state index < -0.39 is 29.1 Å². The number of carbonyl (C=O) groups excluding carboxylic acids is 3. The van der Waals surface area contributed by atoms with Crippen LogP contribution < -0.4 is 10.6 Å². The van der Waals surface area contributed by atoms with Crippen molar-refractivity contribution in [3.63, 3.8) is 0 Å². The molecular formula is C28H29Cl2N3O5. The van der Waals surface area contributed by atoms with Gasteiger partial charge in [-0.25, -0.2) is 0 Å². The van der Waals surface area contributed by atoms with E-state index in [4.69, 9.17) is 32.4 Å². The minimum atomic E-state index is -1.27. The average Bonchev–Trinajstić information content (AvgIpc) is 3.62. The maximum atomic E-state index is 14.1. The molecule has 1 saturated carbocycles. The molecular weight excluding hydrogens is 529 g/mol. The maximum Gasteiger partial charge on any atom is 0.246 e. The van der Waals surface area contributed by atoms with E-state index in [1.165, 1.54) is 11.2 Å². The smallest absolute Gasteiger partial charge is 0.246 e. The third kappa shape index (κ3) is 4.05. The zero-order chi connectivity index (χ0) is 26.7. The van der Waals surface area contributed by atoms with Crippen LogP contribution in [0.4, 0.5) is 5.69 Å². The minimum Gasteiger partial charge on any atom is -0.467 e. The first-order valence-electron chi connectivity index (χ1n) is 13.0. The summed E-state index contributed by atoms with van der Waals surface area (Å²) < 4.78 is 12.1. The van der Waals surface area contributed by atoms with E-state index in [2.05, 4.69) is 10.6 Å². The van der Waals surface area contributed by atoms with Crippen molar-refractivity contribution in [2.45, 2.75) is 68.9 Å². The monoisotopic (exact) mass is 557 g/mol. The van der Waals surface area contributed by atoms with Crippen LogP contribution in [-0.4, -0.2) is 45.9 Å². The van der Waals surface area contributed by atoms with Gasteiger partial charge in [-0.15, -0.1) is 0 Å². The molecule has 1 spiro atoms. The van der Waals surface area contributed by atoms with Crippen molar-refractivity contribution in [2.75, 3.05) is 5.32 Å². The fraction of sp³-hybridized carbons (Fsp3) is 0.464. The van der Waals surface area contributed by atoms with Crippen LogP contribution in [-0.2, 0) is 25.7 Å². The lowest BCUT2D eigenvalue weighted by Crippen LogP contribution is -2.56. The number of furan rings is 1. The number of hydrogen-bond acceptors (Lipinski definition) is 5. The van der Waals surface area contributed by atoms with Crippen LogP contribution in [0.3, 0.4) is 0 Å². The van der Waals surface area contributed by atoms with E-state index in [0.29, 0.717) is 21.5 Å². The first-order valence-corrected chi connectivity index (χ1v) is 13.8. The Bertz CT molecular complexity index is 1310. The second-order valence-electron chi connectivity index (χ2n) is 10.8. The van der Waals surface area contributed by atoms with Crippen molar-refractivity contribution < 1.29 is 23.5 Å². The Hall–Kier alpha value is -2.81. The molecule has 2 saturated heterocycles. The normalized spacial score (nSPS) is 32.0. The Balaban J connectivity index is 1.34. The van der Waals surface area contributed by atoms with E-state index in [9.17, 15) is 14.4 Å². The number of rotatable bonds is 6. The molecule has 2 aromatic rings. The maximum absolute atomic E-state index is 14.1. The van der Waals surface area contributed by atoms with Gasteiger partial charge in [-0.1, -0.05) is 54.6 Å². The van der Waals surface area contributed by atoms with Crippen LogP contribution in [0.1, 0.15) is 44.8 Å². The number of ether oxygens (including phenoxy) is 1. The number of nitrogens with one attached hydrogen (secondary N) is 2. The van der Waals surface area contributed by atoms with Crippen molar-refractivity contribution in [3.05, 3.63) is 64.6 Å². The van der Waals surface area contributed by atoms with Crippen molar-refractivity contribution in [2.24, 2.45) is 11.8 Å². The third-order valence-corrected chi connectivity index (χ3v) is 9.11. The largest absolute Gasteiger partial charge is 0.467 e. The molecule has 0 radical (unpaired) electrons. The predicted octanol–water partition coefficient (Wildman–Crippen LogP) is 4.71. The van der Waals surface area contributed by atoms with Crippen molar-refractivity contribution in [1.82, 2.24) is 10.2 Å². The molecule has 2 N–H and O–H groups in total. The highest BCUT2D eigenvalue weighted by atomic mass is 35.5. The SMILES string of the molecule is CC12C=CC3(O1)C(C(=O)N(Cc1ccco1)C3C(=O)NC1CCCCC1)C2C(=O)Nc1ccc(Cl)c(Cl)c1. The predicted molar refractivity (Wildman–Crippen MR) is 141 cm³/mol. The molecule has 5 unspecified atom stereocenters. The molecule has 38 heavy (non-hydrogen) atoms. The number of carbonyl (C=O) groups is 3. The molecule has 5 atom stereocenters. The molecule has 4 heterocycles. The topological polar surface area (TPSA) is 101 Å². The fourth-order valence-corrected chi connectivity index (χ4v) is 6.99. The first kappa shape index (κ1) is 25.5. The van der Waals surface area contributed by atoms with Crippen LogP contribution in [0.15, 0.2) is 53.2 Å². The summed E-state index contributed by atoms with van der Waals surface area (Å²) in [6.45, 7) is 1.89. The number of nitrogens with zero attached hydrogens (tertiary/aromatic N) is 1. The first-order chi connectivity index (χ1) is 18.2. The van der Waals surface area contributed by atoms with Crippen molar-refractivity contribution in [3.8, 4) is 0 Å². The molecule has 6 rings (SSSR count). The molecule has 200 valence electrons. The summed E-state index contributed by atoms with van der Waals surface area (Å²) in [6, 6.07) is 7.42. The highest BCUT2D eigenvalue weighted by Crippen LogP contribution is 2.60. The summed E-state index contributed by atoms with van der Waals surface area (Å²) in [5.41, 5.74) is -1.87. The van der Waals surface area contributed by atoms with Gasteiger partial charge in [-0.3, -0.25) is 14.4 Å². The molecule has 3 aliphatic heterocycles. The van der Waals surface area contributed by atoms with Crippen LogP contribution in [0.25, 0.3) is 0 Å². The van der Waals surface area contributed by atoms with Gasteiger partial charge in [0.05, 0.1) is 40.3 Å². The van der Waals surface area contributed by atoms with Crippen LogP contribution in [0.2, 0.25) is 10.0 Å². The summed E-state index contributed by atoms with van der Waals surface area (Å²) in [5, 5.41) is 6.73. The molecule has 1 aromatic carbocycles. The highest BCUT2D eigenvalue weighted by molar-refractivity contribution is 6.42. The lowest BCUT2D eigenvalue weighted by atomic mass is 9.70. The Morgan fingerprint density at radius 2 is 1.87 bits per heavy atom. The quantitative estimate of drug-likeness (QED) is 0.500. The van der Waals surface area contributed by atoms with Crippen molar-refractivity contribution >= 4 is 46.6 Å². The van der Waals surface area contributed by atoms with Gasteiger partial charge in [0.15, 0.2) is 0 Å². The van der Waals surface area contributed by atoms with E-state index in [-0.39, 0.29) is 30.3 Å². The van der Waals surface area contributed by atoms with Crippen LogP contribution in [0.5, 0.6) is 0 Å². The van der Waals surface area contributed by atoms with Gasteiger partial charge in [0.25, 0.3) is 0 Å². The highest BCUT2D eigenvalue weighted by Gasteiger charge is 2.76. The standard InChI is InChI=1S/C28H29Cl2N3O5/c1-27-11-12-28(38-27)22(21(27)24(34)32-17-9-10-19(29)20(30)14-17)26(36)33(15-18-8-5-13-37-18)23(28)25(35)31-16-6-3-2-4-7-16/h5,8-14,16,21-23H,2-4,6-7,15H2,1H3,(H,31,35)(H,32,34). The summed E-state index contributed by atoms with van der Waals surface area (Å²) in [7, 11) is 0. The van der Waals surface area contributed by atoms with E-state index >= 15 is 0 Å². The van der Waals surface area contributed by atoms with Gasteiger partial charge < -0.3 is 24.7 Å². The molecule has 3 fully saturated rings. The number of fused-ring (bicyclic) bond motifs is 1. The molecule has 3 amide bonds. The zero-order valence-electron chi connectivity index (χ0n) is 20.9. The van der Waals surface area contributed by atoms with Gasteiger partial charge in [-0.2, -0.15) is 0 Å². The minimum absolute atomic E-state index is 0.0548. The van der Waals surface area contributed by atoms with Gasteiger partial charge in [0.1, 0.15) is 17.4 Å². The zero-order valence-corrected chi connectivity index (χ0v) is 22.4. The van der Waals surface area contributed by atoms with Gasteiger partial charge >= 0.3 is 0 Å². The number of halogens is 2. The fourth-order valence-electron chi connectivity index (χ4n) is 6.69. The second kappa shape index (κ2) is 9.43. The number of anilines is 1. The third-order valence-electron chi connectivity index (χ3n) is 8.37. The lowest BCUT2D eigenvalue weighted by Gasteiger charge is -2.34. The Morgan fingerprint density at radius 1 is 1.08 bits per heavy atom. The summed E-state index contributed by atoms with van der Waals surface area (Å²) >= 11 is 12.2. The average molecular weight is 558 g/mol. The van der Waals surface area contributed by atoms with E-state index in [1.54, 1.807) is 37.3 Å². The molecule has 1 aliphatic carbocycles. The van der Waals surface area contributed by atoms with Gasteiger partial charge in [-0.05, 0) is 50.1 Å². The number of hydrogen-bond donors (Lipinski definition) is 2. The molecule has 8 nitrogen and oxygen atoms in total. The van der Waals surface area contributed by atoms with Crippen molar-refractivity contribution in [1.29, 1.82) is 0 Å². The Labute approximate surface area is 230 Å². The lowest BCUT2D eigenvalue weighted by molar-refractivity contribution is -0.145. The summed E-state index contributed by atoms with van der Waals surface area (Å²) in [4.78, 5) is 43.2. The number of amides is 3. The molecule has 1 aromatic heterocycles. The summed E-state index contributed by atoms with van der Waals surface area (Å²) in [5.74, 6) is -2.15. The summed E-state index contributed by atoms with van der Waals surface area (Å²) in [6.07, 6.45) is 10.2. The molecule has 2 bridgehead atoms. The Morgan fingerprint density at radius 3 is 2.58 bits per heavy atom. The second-order valence-corrected chi connectivity index (χ2v) is 11.7. The number of benzene rings is 1. The van der Waals surface area contributed by atoms with Gasteiger partial charge in [0.2, 0.25) is 17.7 Å². The Kier molecular flexibility index (Phi) is 6.32. The molecule has 4 aliphatic rings. The number of likely N-dealkylation sites (tertiary alicyclic amines) is 1.